The zero-order valence-corrected chi connectivity index (χ0v) is 27.2. The monoisotopic (exact) mass is 627 g/mol. The molecule has 7 aromatic carbocycles. The minimum Gasteiger partial charge on any atom is -0.277 e. The Bertz CT molecular complexity index is 2800. The van der Waals surface area contributed by atoms with Gasteiger partial charge < -0.3 is 0 Å². The van der Waals surface area contributed by atoms with E-state index in [-0.39, 0.29) is 5.41 Å². The van der Waals surface area contributed by atoms with E-state index in [1.54, 1.807) is 0 Å². The Labute approximate surface area is 284 Å². The van der Waals surface area contributed by atoms with Crippen molar-refractivity contribution < 1.29 is 0 Å². The van der Waals surface area contributed by atoms with Crippen LogP contribution in [0.3, 0.4) is 0 Å². The van der Waals surface area contributed by atoms with Crippen molar-refractivity contribution in [1.82, 2.24) is 14.5 Å². The van der Waals surface area contributed by atoms with E-state index in [2.05, 4.69) is 144 Å². The molecule has 11 rings (SSSR count). The molecule has 1 spiro atoms. The van der Waals surface area contributed by atoms with Crippen LogP contribution in [0.15, 0.2) is 140 Å². The molecule has 2 aliphatic rings. The number of hydrogen-bond donors (Lipinski definition) is 0. The van der Waals surface area contributed by atoms with E-state index >= 15 is 0 Å². The van der Waals surface area contributed by atoms with Crippen molar-refractivity contribution in [2.45, 2.75) is 37.5 Å². The fourth-order valence-electron chi connectivity index (χ4n) is 9.60. The van der Waals surface area contributed by atoms with Crippen LogP contribution in [-0.4, -0.2) is 14.5 Å². The van der Waals surface area contributed by atoms with E-state index in [0.717, 1.165) is 27.7 Å². The Balaban J connectivity index is 1.40. The molecule has 2 aliphatic carbocycles. The summed E-state index contributed by atoms with van der Waals surface area (Å²) in [4.78, 5) is 10.9. The molecular formula is C46H33N3. The average Bonchev–Trinajstić information content (AvgIpc) is 3.66. The van der Waals surface area contributed by atoms with Crippen molar-refractivity contribution in [3.63, 3.8) is 0 Å². The molecule has 1 fully saturated rings. The van der Waals surface area contributed by atoms with Gasteiger partial charge in [0.1, 0.15) is 0 Å². The van der Waals surface area contributed by atoms with Gasteiger partial charge in [0.15, 0.2) is 0 Å². The molecule has 0 bridgehead atoms. The predicted molar refractivity (Wildman–Crippen MR) is 204 cm³/mol. The minimum absolute atomic E-state index is 0.0258. The first kappa shape index (κ1) is 27.2. The van der Waals surface area contributed by atoms with Crippen LogP contribution in [0, 0.1) is 0 Å². The van der Waals surface area contributed by atoms with Crippen molar-refractivity contribution >= 4 is 54.3 Å². The van der Waals surface area contributed by atoms with E-state index in [1.807, 2.05) is 0 Å². The van der Waals surface area contributed by atoms with E-state index in [4.69, 9.17) is 9.97 Å². The first-order valence-electron chi connectivity index (χ1n) is 17.7. The molecule has 0 atom stereocenters. The summed E-state index contributed by atoms with van der Waals surface area (Å²) in [5, 5.41) is 8.85. The number of para-hydroxylation sites is 1. The van der Waals surface area contributed by atoms with Crippen LogP contribution in [0.4, 0.5) is 0 Å². The van der Waals surface area contributed by atoms with Crippen molar-refractivity contribution in [3.05, 3.63) is 151 Å². The molecule has 232 valence electrons. The number of hydrogen-bond acceptors (Lipinski definition) is 2. The second kappa shape index (κ2) is 10.1. The average molecular weight is 628 g/mol. The van der Waals surface area contributed by atoms with Gasteiger partial charge in [0.05, 0.1) is 22.2 Å². The molecule has 1 saturated carbocycles. The van der Waals surface area contributed by atoms with Crippen LogP contribution in [-0.2, 0) is 5.41 Å². The molecule has 3 heteroatoms. The van der Waals surface area contributed by atoms with Crippen molar-refractivity contribution in [1.29, 1.82) is 0 Å². The van der Waals surface area contributed by atoms with Crippen LogP contribution in [0.2, 0.25) is 0 Å². The van der Waals surface area contributed by atoms with Crippen LogP contribution < -0.4 is 0 Å². The fraction of sp³-hybridized carbons (Fsp3) is 0.130. The van der Waals surface area contributed by atoms with Gasteiger partial charge in [-0.15, -0.1) is 0 Å². The lowest BCUT2D eigenvalue weighted by atomic mass is 9.66. The Hall–Kier alpha value is -5.80. The molecule has 0 aliphatic heterocycles. The summed E-state index contributed by atoms with van der Waals surface area (Å²) in [6, 6.07) is 50.9. The number of aromatic nitrogens is 3. The Kier molecular flexibility index (Phi) is 5.60. The number of fused-ring (bicyclic) bond motifs is 15. The van der Waals surface area contributed by atoms with Crippen molar-refractivity contribution in [2.75, 3.05) is 0 Å². The third-order valence-corrected chi connectivity index (χ3v) is 11.5. The highest BCUT2D eigenvalue weighted by atomic mass is 15.2. The van der Waals surface area contributed by atoms with Gasteiger partial charge in [0.25, 0.3) is 0 Å². The molecule has 0 amide bonds. The molecule has 2 heterocycles. The lowest BCUT2D eigenvalue weighted by molar-refractivity contribution is 0.355. The van der Waals surface area contributed by atoms with E-state index in [9.17, 15) is 0 Å². The van der Waals surface area contributed by atoms with Gasteiger partial charge in [-0.1, -0.05) is 147 Å². The lowest BCUT2D eigenvalue weighted by Gasteiger charge is -2.36. The molecule has 9 aromatic rings. The zero-order valence-electron chi connectivity index (χ0n) is 27.2. The topological polar surface area (TPSA) is 30.7 Å². The molecular weight excluding hydrogens is 595 g/mol. The van der Waals surface area contributed by atoms with Crippen LogP contribution >= 0.6 is 0 Å². The van der Waals surface area contributed by atoms with Crippen LogP contribution in [0.1, 0.15) is 43.2 Å². The molecule has 3 nitrogen and oxygen atoms in total. The molecule has 0 N–H and O–H groups in total. The standard InChI is InChI=1S/C46H33N3/c1-3-16-30(17-4-1)43-35-22-10-12-24-37(35)47-45(48-43)49-38-26-25-29-15-5-6-18-31(29)40(38)41-42-39(32-19-7-8-20-33(32)44(41)49)34-21-9-11-23-36(34)46(42)27-13-2-14-28-46/h1,3-12,15-26H,2,13-14,27-28H2. The van der Waals surface area contributed by atoms with Gasteiger partial charge >= 0.3 is 0 Å². The van der Waals surface area contributed by atoms with Crippen molar-refractivity contribution in [3.8, 4) is 28.3 Å². The maximum atomic E-state index is 5.49. The van der Waals surface area contributed by atoms with Gasteiger partial charge in [-0.2, -0.15) is 0 Å². The Morgan fingerprint density at radius 2 is 1.22 bits per heavy atom. The smallest absolute Gasteiger partial charge is 0.235 e. The highest BCUT2D eigenvalue weighted by Gasteiger charge is 2.46. The second-order valence-electron chi connectivity index (χ2n) is 14.0. The van der Waals surface area contributed by atoms with Gasteiger partial charge in [-0.3, -0.25) is 4.57 Å². The summed E-state index contributed by atoms with van der Waals surface area (Å²) in [6.45, 7) is 0. The number of benzene rings is 7. The van der Waals surface area contributed by atoms with Gasteiger partial charge in [0, 0.05) is 32.5 Å². The first-order chi connectivity index (χ1) is 24.3. The zero-order chi connectivity index (χ0) is 32.1. The quantitative estimate of drug-likeness (QED) is 0.191. The lowest BCUT2D eigenvalue weighted by Crippen LogP contribution is -2.28. The van der Waals surface area contributed by atoms with Gasteiger partial charge in [-0.25, -0.2) is 9.97 Å². The Morgan fingerprint density at radius 1 is 0.531 bits per heavy atom. The minimum atomic E-state index is -0.0258. The van der Waals surface area contributed by atoms with Crippen LogP contribution in [0.25, 0.3) is 82.6 Å². The summed E-state index contributed by atoms with van der Waals surface area (Å²) in [5.74, 6) is 0.714. The normalized spacial score (nSPS) is 15.1. The highest BCUT2D eigenvalue weighted by Crippen LogP contribution is 2.61. The number of rotatable bonds is 2. The third kappa shape index (κ3) is 3.62. The summed E-state index contributed by atoms with van der Waals surface area (Å²) in [7, 11) is 0. The van der Waals surface area contributed by atoms with Crippen LogP contribution in [0.5, 0.6) is 0 Å². The number of nitrogens with zero attached hydrogens (tertiary/aromatic N) is 3. The van der Waals surface area contributed by atoms with Gasteiger partial charge in [0.2, 0.25) is 5.95 Å². The highest BCUT2D eigenvalue weighted by molar-refractivity contribution is 6.30. The molecule has 0 unspecified atom stereocenters. The second-order valence-corrected chi connectivity index (χ2v) is 14.0. The summed E-state index contributed by atoms with van der Waals surface area (Å²) < 4.78 is 2.40. The maximum Gasteiger partial charge on any atom is 0.235 e. The van der Waals surface area contributed by atoms with Crippen molar-refractivity contribution in [2.24, 2.45) is 0 Å². The summed E-state index contributed by atoms with van der Waals surface area (Å²) in [6.07, 6.45) is 6.14. The predicted octanol–water partition coefficient (Wildman–Crippen LogP) is 11.9. The molecule has 0 saturated heterocycles. The molecule has 0 radical (unpaired) electrons. The molecule has 49 heavy (non-hydrogen) atoms. The molecule has 2 aromatic heterocycles. The summed E-state index contributed by atoms with van der Waals surface area (Å²) in [5.41, 5.74) is 11.2. The van der Waals surface area contributed by atoms with E-state index in [1.165, 1.54) is 92.2 Å². The van der Waals surface area contributed by atoms with E-state index < -0.39 is 0 Å². The summed E-state index contributed by atoms with van der Waals surface area (Å²) >= 11 is 0. The maximum absolute atomic E-state index is 5.49. The first-order valence-corrected chi connectivity index (χ1v) is 17.7. The third-order valence-electron chi connectivity index (χ3n) is 11.5. The van der Waals surface area contributed by atoms with E-state index in [0.29, 0.717) is 5.95 Å². The largest absolute Gasteiger partial charge is 0.277 e. The fourth-order valence-corrected chi connectivity index (χ4v) is 9.60. The van der Waals surface area contributed by atoms with Gasteiger partial charge in [-0.05, 0) is 63.4 Å². The Morgan fingerprint density at radius 3 is 2.08 bits per heavy atom. The SMILES string of the molecule is c1ccc(-c2nc(-n3c4ccc5ccccc5c4c4c5c(c6ccccc6c43)-c3ccccc3C53CCCCC3)nc3ccccc23)cc1.